The van der Waals surface area contributed by atoms with E-state index in [9.17, 15) is 0 Å². The number of halogens is 1. The van der Waals surface area contributed by atoms with Crippen LogP contribution in [-0.2, 0) is 0 Å². The van der Waals surface area contributed by atoms with Crippen LogP contribution < -0.4 is 5.32 Å². The molecule has 1 saturated carbocycles. The van der Waals surface area contributed by atoms with E-state index in [-0.39, 0.29) is 0 Å². The van der Waals surface area contributed by atoms with Crippen molar-refractivity contribution in [3.63, 3.8) is 0 Å². The molecule has 0 aliphatic heterocycles. The van der Waals surface area contributed by atoms with E-state index < -0.39 is 0 Å². The largest absolute Gasteiger partial charge is 0.369 e. The van der Waals surface area contributed by atoms with Crippen molar-refractivity contribution in [2.75, 3.05) is 11.9 Å². The van der Waals surface area contributed by atoms with Gasteiger partial charge in [-0.1, -0.05) is 24.9 Å². The summed E-state index contributed by atoms with van der Waals surface area (Å²) >= 11 is 5.75. The molecule has 1 N–H and O–H groups in total. The minimum absolute atomic E-state index is 0.456. The molecule has 1 aromatic heterocycles. The van der Waals surface area contributed by atoms with Gasteiger partial charge in [0, 0.05) is 12.6 Å². The summed E-state index contributed by atoms with van der Waals surface area (Å²) in [5, 5.41) is 3.78. The van der Waals surface area contributed by atoms with E-state index in [4.69, 9.17) is 11.6 Å². The number of nitrogens with zero attached hydrogens (tertiary/aromatic N) is 2. The summed E-state index contributed by atoms with van der Waals surface area (Å²) in [6.07, 6.45) is 5.44. The molecule has 2 rings (SSSR count). The fraction of sp³-hybridized carbons (Fsp3) is 0.600. The highest BCUT2D eigenvalue weighted by molar-refractivity contribution is 6.29. The molecule has 4 heteroatoms. The Morgan fingerprint density at radius 1 is 1.50 bits per heavy atom. The van der Waals surface area contributed by atoms with Crippen LogP contribution in [0.1, 0.15) is 26.2 Å². The summed E-state index contributed by atoms with van der Waals surface area (Å²) in [5.41, 5.74) is 0.456. The first-order valence-electron chi connectivity index (χ1n) is 4.89. The second kappa shape index (κ2) is 3.73. The summed E-state index contributed by atoms with van der Waals surface area (Å²) in [4.78, 5) is 7.93. The van der Waals surface area contributed by atoms with Crippen LogP contribution in [0.15, 0.2) is 12.4 Å². The molecule has 1 aliphatic carbocycles. The Morgan fingerprint density at radius 3 is 2.86 bits per heavy atom. The van der Waals surface area contributed by atoms with Crippen LogP contribution in [0.3, 0.4) is 0 Å². The molecule has 0 radical (unpaired) electrons. The van der Waals surface area contributed by atoms with E-state index in [0.717, 1.165) is 12.4 Å². The van der Waals surface area contributed by atoms with Crippen LogP contribution in [0.2, 0.25) is 5.15 Å². The Labute approximate surface area is 88.9 Å². The average molecular weight is 212 g/mol. The lowest BCUT2D eigenvalue weighted by Crippen LogP contribution is -2.33. The Balaban J connectivity index is 1.91. The van der Waals surface area contributed by atoms with Gasteiger partial charge in [0.15, 0.2) is 0 Å². The molecule has 1 fully saturated rings. The number of rotatable bonds is 3. The van der Waals surface area contributed by atoms with Gasteiger partial charge in [-0.25, -0.2) is 9.97 Å². The quantitative estimate of drug-likeness (QED) is 0.782. The monoisotopic (exact) mass is 211 g/mol. The third-order valence-electron chi connectivity index (χ3n) is 2.89. The first kappa shape index (κ1) is 9.71. The van der Waals surface area contributed by atoms with Gasteiger partial charge in [0.2, 0.25) is 0 Å². The molecule has 0 unspecified atom stereocenters. The maximum Gasteiger partial charge on any atom is 0.134 e. The second-order valence-electron chi connectivity index (χ2n) is 4.24. The SMILES string of the molecule is CC1(CNc2cc(Cl)ncn2)CCC1. The Hall–Kier alpha value is -0.830. The molecule has 1 aromatic rings. The molecular weight excluding hydrogens is 198 g/mol. The predicted molar refractivity (Wildman–Crippen MR) is 57.5 cm³/mol. The third kappa shape index (κ3) is 2.15. The van der Waals surface area contributed by atoms with Crippen LogP contribution in [0.4, 0.5) is 5.82 Å². The minimum atomic E-state index is 0.456. The van der Waals surface area contributed by atoms with Gasteiger partial charge in [0.05, 0.1) is 0 Å². The van der Waals surface area contributed by atoms with Crippen molar-refractivity contribution < 1.29 is 0 Å². The highest BCUT2D eigenvalue weighted by Gasteiger charge is 2.31. The van der Waals surface area contributed by atoms with Gasteiger partial charge in [-0.05, 0) is 18.3 Å². The third-order valence-corrected chi connectivity index (χ3v) is 3.10. The normalized spacial score (nSPS) is 18.7. The summed E-state index contributed by atoms with van der Waals surface area (Å²) < 4.78 is 0. The van der Waals surface area contributed by atoms with Gasteiger partial charge >= 0.3 is 0 Å². The van der Waals surface area contributed by atoms with Crippen LogP contribution in [0.5, 0.6) is 0 Å². The fourth-order valence-corrected chi connectivity index (χ4v) is 1.84. The number of aromatic nitrogens is 2. The molecule has 1 aliphatic rings. The van der Waals surface area contributed by atoms with Crippen molar-refractivity contribution in [3.8, 4) is 0 Å². The fourth-order valence-electron chi connectivity index (χ4n) is 1.69. The lowest BCUT2D eigenvalue weighted by atomic mass is 9.70. The van der Waals surface area contributed by atoms with Crippen molar-refractivity contribution in [1.82, 2.24) is 9.97 Å². The smallest absolute Gasteiger partial charge is 0.134 e. The Bertz CT molecular complexity index is 323. The second-order valence-corrected chi connectivity index (χ2v) is 4.63. The molecule has 0 amide bonds. The Kier molecular flexibility index (Phi) is 2.59. The first-order chi connectivity index (χ1) is 6.68. The van der Waals surface area contributed by atoms with E-state index in [2.05, 4.69) is 22.2 Å². The van der Waals surface area contributed by atoms with Crippen LogP contribution in [-0.4, -0.2) is 16.5 Å². The van der Waals surface area contributed by atoms with Crippen molar-refractivity contribution >= 4 is 17.4 Å². The molecule has 3 nitrogen and oxygen atoms in total. The van der Waals surface area contributed by atoms with Crippen molar-refractivity contribution in [2.24, 2.45) is 5.41 Å². The average Bonchev–Trinajstić information content (AvgIpc) is 2.12. The van der Waals surface area contributed by atoms with Crippen molar-refractivity contribution in [1.29, 1.82) is 0 Å². The predicted octanol–water partition coefficient (Wildman–Crippen LogP) is 2.73. The van der Waals surface area contributed by atoms with Gasteiger partial charge in [-0.15, -0.1) is 0 Å². The molecule has 1 heterocycles. The van der Waals surface area contributed by atoms with Crippen molar-refractivity contribution in [2.45, 2.75) is 26.2 Å². The molecular formula is C10H14ClN3. The van der Waals surface area contributed by atoms with Gasteiger partial charge in [-0.2, -0.15) is 0 Å². The maximum absolute atomic E-state index is 5.75. The van der Waals surface area contributed by atoms with Gasteiger partial charge in [0.25, 0.3) is 0 Å². The summed E-state index contributed by atoms with van der Waals surface area (Å²) in [5.74, 6) is 0.818. The lowest BCUT2D eigenvalue weighted by Gasteiger charge is -2.38. The van der Waals surface area contributed by atoms with E-state index in [0.29, 0.717) is 10.6 Å². The van der Waals surface area contributed by atoms with E-state index in [1.165, 1.54) is 25.6 Å². The number of nitrogens with one attached hydrogen (secondary N) is 1. The standard InChI is InChI=1S/C10H14ClN3/c1-10(3-2-4-10)6-12-9-5-8(11)13-7-14-9/h5,7H,2-4,6H2,1H3,(H,12,13,14). The van der Waals surface area contributed by atoms with E-state index in [1.54, 1.807) is 6.07 Å². The molecule has 0 aromatic carbocycles. The molecule has 0 bridgehead atoms. The first-order valence-corrected chi connectivity index (χ1v) is 5.27. The van der Waals surface area contributed by atoms with E-state index >= 15 is 0 Å². The number of anilines is 1. The van der Waals surface area contributed by atoms with Crippen LogP contribution in [0.25, 0.3) is 0 Å². The van der Waals surface area contributed by atoms with Crippen LogP contribution >= 0.6 is 11.6 Å². The van der Waals surface area contributed by atoms with Gasteiger partial charge in [-0.3, -0.25) is 0 Å². The molecule has 0 spiro atoms. The molecule has 0 atom stereocenters. The zero-order valence-electron chi connectivity index (χ0n) is 8.26. The highest BCUT2D eigenvalue weighted by atomic mass is 35.5. The van der Waals surface area contributed by atoms with Gasteiger partial charge in [0.1, 0.15) is 17.3 Å². The summed E-state index contributed by atoms with van der Waals surface area (Å²) in [6, 6.07) is 1.75. The number of hydrogen-bond donors (Lipinski definition) is 1. The van der Waals surface area contributed by atoms with Crippen molar-refractivity contribution in [3.05, 3.63) is 17.5 Å². The molecule has 0 saturated heterocycles. The lowest BCUT2D eigenvalue weighted by molar-refractivity contribution is 0.180. The van der Waals surface area contributed by atoms with Gasteiger partial charge < -0.3 is 5.32 Å². The minimum Gasteiger partial charge on any atom is -0.369 e. The topological polar surface area (TPSA) is 37.8 Å². The zero-order chi connectivity index (χ0) is 10.0. The van der Waals surface area contributed by atoms with Crippen LogP contribution in [0, 0.1) is 5.41 Å². The molecule has 14 heavy (non-hydrogen) atoms. The maximum atomic E-state index is 5.75. The summed E-state index contributed by atoms with van der Waals surface area (Å²) in [7, 11) is 0. The highest BCUT2D eigenvalue weighted by Crippen LogP contribution is 2.40. The summed E-state index contributed by atoms with van der Waals surface area (Å²) in [6.45, 7) is 3.27. The number of hydrogen-bond acceptors (Lipinski definition) is 3. The van der Waals surface area contributed by atoms with E-state index in [1.807, 2.05) is 0 Å². The molecule has 76 valence electrons. The zero-order valence-corrected chi connectivity index (χ0v) is 9.01. The Morgan fingerprint density at radius 2 is 2.29 bits per heavy atom.